The van der Waals surface area contributed by atoms with E-state index in [9.17, 15) is 14.7 Å². The van der Waals surface area contributed by atoms with E-state index in [1.807, 2.05) is 0 Å². The van der Waals surface area contributed by atoms with Crippen molar-refractivity contribution in [1.29, 1.82) is 0 Å². The first-order chi connectivity index (χ1) is 14.3. The van der Waals surface area contributed by atoms with E-state index in [0.29, 0.717) is 29.4 Å². The van der Waals surface area contributed by atoms with Crippen LogP contribution in [0, 0.1) is 35.5 Å². The van der Waals surface area contributed by atoms with Gasteiger partial charge in [0.2, 0.25) is 0 Å². The molecular formula is C23H32ClN3O3. The van der Waals surface area contributed by atoms with Crippen molar-refractivity contribution < 1.29 is 9.90 Å². The van der Waals surface area contributed by atoms with Gasteiger partial charge in [-0.25, -0.2) is 4.68 Å². The van der Waals surface area contributed by atoms with Gasteiger partial charge in [0.1, 0.15) is 5.02 Å². The first-order valence-corrected chi connectivity index (χ1v) is 12.0. The normalized spacial score (nSPS) is 42.3. The molecule has 0 unspecified atom stereocenters. The molecule has 6 nitrogen and oxygen atoms in total. The van der Waals surface area contributed by atoms with Crippen molar-refractivity contribution in [2.24, 2.45) is 35.5 Å². The highest BCUT2D eigenvalue weighted by molar-refractivity contribution is 6.32. The van der Waals surface area contributed by atoms with Crippen LogP contribution in [0.1, 0.15) is 65.2 Å². The van der Waals surface area contributed by atoms with Crippen LogP contribution >= 0.6 is 11.6 Å². The van der Waals surface area contributed by atoms with Gasteiger partial charge in [-0.3, -0.25) is 9.59 Å². The number of halogens is 1. The van der Waals surface area contributed by atoms with Crippen molar-refractivity contribution in [2.75, 3.05) is 5.32 Å². The zero-order chi connectivity index (χ0) is 21.2. The maximum absolute atomic E-state index is 13.4. The number of anilines is 1. The molecule has 5 aliphatic rings. The fraction of sp³-hybridized carbons (Fsp3) is 0.783. The number of nitrogens with one attached hydrogen (secondary N) is 1. The molecule has 6 rings (SSSR count). The van der Waals surface area contributed by atoms with Gasteiger partial charge in [0.25, 0.3) is 5.56 Å². The Balaban J connectivity index is 1.50. The zero-order valence-electron chi connectivity index (χ0n) is 17.8. The molecular weight excluding hydrogens is 402 g/mol. The molecule has 0 spiro atoms. The van der Waals surface area contributed by atoms with Crippen molar-refractivity contribution in [2.45, 2.75) is 76.8 Å². The molecule has 2 N–H and O–H groups in total. The molecule has 0 radical (unpaired) electrons. The molecule has 5 aliphatic carbocycles. The highest BCUT2D eigenvalue weighted by atomic mass is 35.5. The number of hydrogen-bond donors (Lipinski definition) is 2. The van der Waals surface area contributed by atoms with Gasteiger partial charge in [-0.15, -0.1) is 0 Å². The van der Waals surface area contributed by atoms with Crippen LogP contribution < -0.4 is 10.9 Å². The molecule has 0 aliphatic heterocycles. The molecule has 5 saturated carbocycles. The Bertz CT molecular complexity index is 901. The first-order valence-electron chi connectivity index (χ1n) is 11.6. The van der Waals surface area contributed by atoms with Gasteiger partial charge < -0.3 is 10.4 Å². The Hall–Kier alpha value is -1.56. The Morgan fingerprint density at radius 3 is 2.60 bits per heavy atom. The SMILES string of the molecule is C[C@@H]1[C@H](C)CCC[C@@H]1Nc1cnn(C23C[C@@H]4CC(C[C@H](C4)C2)[C@H]3C(=O)O)c(=O)c1Cl. The summed E-state index contributed by atoms with van der Waals surface area (Å²) in [5.74, 6) is 0.911. The summed E-state index contributed by atoms with van der Waals surface area (Å²) in [5, 5.41) is 18.3. The lowest BCUT2D eigenvalue weighted by Crippen LogP contribution is -2.63. The van der Waals surface area contributed by atoms with Crippen LogP contribution in [-0.2, 0) is 10.3 Å². The molecule has 30 heavy (non-hydrogen) atoms. The van der Waals surface area contributed by atoms with Crippen LogP contribution in [0.2, 0.25) is 5.02 Å². The Morgan fingerprint density at radius 1 is 1.23 bits per heavy atom. The molecule has 6 atom stereocenters. The predicted octanol–water partition coefficient (Wildman–Crippen LogP) is 4.37. The van der Waals surface area contributed by atoms with E-state index in [1.165, 1.54) is 17.5 Å². The average Bonchev–Trinajstić information content (AvgIpc) is 2.67. The topological polar surface area (TPSA) is 84.2 Å². The summed E-state index contributed by atoms with van der Waals surface area (Å²) < 4.78 is 1.47. The third-order valence-corrected chi connectivity index (χ3v) is 9.29. The smallest absolute Gasteiger partial charge is 0.309 e. The van der Waals surface area contributed by atoms with E-state index < -0.39 is 17.4 Å². The number of carboxylic acids is 1. The second-order valence-corrected chi connectivity index (χ2v) is 11.0. The minimum Gasteiger partial charge on any atom is -0.481 e. The molecule has 0 aromatic carbocycles. The molecule has 164 valence electrons. The molecule has 4 bridgehead atoms. The lowest BCUT2D eigenvalue weighted by atomic mass is 9.48. The van der Waals surface area contributed by atoms with Crippen LogP contribution in [0.5, 0.6) is 0 Å². The maximum atomic E-state index is 13.4. The van der Waals surface area contributed by atoms with E-state index in [1.54, 1.807) is 6.20 Å². The first kappa shape index (κ1) is 20.3. The van der Waals surface area contributed by atoms with Crippen LogP contribution in [0.15, 0.2) is 11.0 Å². The fourth-order valence-corrected chi connectivity index (χ4v) is 7.75. The predicted molar refractivity (Wildman–Crippen MR) is 116 cm³/mol. The molecule has 7 heteroatoms. The standard InChI is InChI=1S/C23H32ClN3O3/c1-12-4-3-5-17(13(12)2)26-18-11-25-27(21(28)20(18)24)23-9-14-6-15(10-23)8-16(7-14)19(23)22(29)30/h11-17,19,26H,3-10H2,1-2H3,(H,29,30)/t12-,13-,14+,15+,16?,17+,19+,23?/m1/s1. The van der Waals surface area contributed by atoms with E-state index in [2.05, 4.69) is 24.3 Å². The van der Waals surface area contributed by atoms with Gasteiger partial charge >= 0.3 is 5.97 Å². The summed E-state index contributed by atoms with van der Waals surface area (Å²) in [6.45, 7) is 4.52. The van der Waals surface area contributed by atoms with Crippen LogP contribution in [0.3, 0.4) is 0 Å². The van der Waals surface area contributed by atoms with E-state index in [4.69, 9.17) is 11.6 Å². The number of carbonyl (C=O) groups is 1. The summed E-state index contributed by atoms with van der Waals surface area (Å²) >= 11 is 6.59. The molecule has 5 fully saturated rings. The number of nitrogens with zero attached hydrogens (tertiary/aromatic N) is 2. The quantitative estimate of drug-likeness (QED) is 0.736. The van der Waals surface area contributed by atoms with E-state index >= 15 is 0 Å². The second-order valence-electron chi connectivity index (χ2n) is 10.6. The maximum Gasteiger partial charge on any atom is 0.309 e. The van der Waals surface area contributed by atoms with Gasteiger partial charge in [0.15, 0.2) is 0 Å². The highest BCUT2D eigenvalue weighted by Gasteiger charge is 2.61. The summed E-state index contributed by atoms with van der Waals surface area (Å²) in [7, 11) is 0. The van der Waals surface area contributed by atoms with Gasteiger partial charge in [0, 0.05) is 6.04 Å². The third kappa shape index (κ3) is 3.01. The summed E-state index contributed by atoms with van der Waals surface area (Å²) in [6.07, 6.45) is 9.66. The number of hydrogen-bond acceptors (Lipinski definition) is 4. The monoisotopic (exact) mass is 433 g/mol. The van der Waals surface area contributed by atoms with Gasteiger partial charge in [-0.05, 0) is 68.1 Å². The van der Waals surface area contributed by atoms with Crippen molar-refractivity contribution in [3.05, 3.63) is 21.6 Å². The van der Waals surface area contributed by atoms with Crippen molar-refractivity contribution in [1.82, 2.24) is 9.78 Å². The fourth-order valence-electron chi connectivity index (χ4n) is 7.57. The lowest BCUT2D eigenvalue weighted by Gasteiger charge is -2.59. The summed E-state index contributed by atoms with van der Waals surface area (Å²) in [5.41, 5.74) is -0.487. The van der Waals surface area contributed by atoms with Gasteiger partial charge in [-0.2, -0.15) is 5.10 Å². The molecule has 1 aromatic heterocycles. The van der Waals surface area contributed by atoms with Crippen LogP contribution in [0.4, 0.5) is 5.69 Å². The molecule has 1 aromatic rings. The Kier molecular flexibility index (Phi) is 4.92. The molecule has 0 saturated heterocycles. The molecule has 0 amide bonds. The summed E-state index contributed by atoms with van der Waals surface area (Å²) in [6, 6.07) is 0.273. The lowest BCUT2D eigenvalue weighted by molar-refractivity contribution is -0.168. The number of aromatic nitrogens is 2. The largest absolute Gasteiger partial charge is 0.481 e. The number of carboxylic acid groups (broad SMARTS) is 1. The third-order valence-electron chi connectivity index (χ3n) is 8.93. The highest BCUT2D eigenvalue weighted by Crippen LogP contribution is 2.61. The van der Waals surface area contributed by atoms with Gasteiger partial charge in [0.05, 0.1) is 23.3 Å². The Labute approximate surface area is 182 Å². The van der Waals surface area contributed by atoms with Crippen molar-refractivity contribution >= 4 is 23.3 Å². The number of aliphatic carboxylic acids is 1. The molecule has 1 heterocycles. The average molecular weight is 434 g/mol. The van der Waals surface area contributed by atoms with E-state index in [0.717, 1.165) is 38.5 Å². The second kappa shape index (κ2) is 7.25. The van der Waals surface area contributed by atoms with Gasteiger partial charge in [-0.1, -0.05) is 38.3 Å². The van der Waals surface area contributed by atoms with E-state index in [-0.39, 0.29) is 22.5 Å². The zero-order valence-corrected chi connectivity index (χ0v) is 18.6. The minimum absolute atomic E-state index is 0.142. The minimum atomic E-state index is -0.796. The Morgan fingerprint density at radius 2 is 1.93 bits per heavy atom. The summed E-state index contributed by atoms with van der Waals surface area (Å²) in [4.78, 5) is 25.7. The van der Waals surface area contributed by atoms with Crippen molar-refractivity contribution in [3.63, 3.8) is 0 Å². The van der Waals surface area contributed by atoms with Crippen molar-refractivity contribution in [3.8, 4) is 0 Å². The van der Waals surface area contributed by atoms with Crippen LogP contribution in [0.25, 0.3) is 0 Å². The number of rotatable bonds is 4. The van der Waals surface area contributed by atoms with Crippen LogP contribution in [-0.4, -0.2) is 26.9 Å².